The molecule has 1 heterocycles. The van der Waals surface area contributed by atoms with Gasteiger partial charge in [-0.15, -0.1) is 0 Å². The lowest BCUT2D eigenvalue weighted by atomic mass is 10.2. The number of halogens is 1. The minimum atomic E-state index is 0.766. The first kappa shape index (κ1) is 8.57. The zero-order valence-electron chi connectivity index (χ0n) is 7.71. The van der Waals surface area contributed by atoms with Crippen LogP contribution < -0.4 is 0 Å². The van der Waals surface area contributed by atoms with Gasteiger partial charge in [0.2, 0.25) is 0 Å². The lowest BCUT2D eigenvalue weighted by molar-refractivity contribution is 0.676. The molecule has 0 bridgehead atoms. The van der Waals surface area contributed by atoms with Crippen LogP contribution in [0.15, 0.2) is 18.2 Å². The SMILES string of the molecule is CCn1nc(C)c2ccc(Cl)cc21. The number of aryl methyl sites for hydroxylation is 2. The molecule has 0 unspecified atom stereocenters. The third-order valence-corrected chi connectivity index (χ3v) is 2.43. The number of hydrogen-bond donors (Lipinski definition) is 0. The van der Waals surface area contributed by atoms with Crippen molar-refractivity contribution in [2.45, 2.75) is 20.4 Å². The monoisotopic (exact) mass is 194 g/mol. The van der Waals surface area contributed by atoms with E-state index < -0.39 is 0 Å². The highest BCUT2D eigenvalue weighted by Crippen LogP contribution is 2.21. The molecule has 1 aromatic heterocycles. The normalized spacial score (nSPS) is 11.0. The van der Waals surface area contributed by atoms with Crippen LogP contribution in [-0.2, 0) is 6.54 Å². The van der Waals surface area contributed by atoms with Crippen LogP contribution in [0.5, 0.6) is 0 Å². The van der Waals surface area contributed by atoms with Gasteiger partial charge in [-0.3, -0.25) is 4.68 Å². The summed E-state index contributed by atoms with van der Waals surface area (Å²) in [5, 5.41) is 6.36. The molecule has 0 aliphatic heterocycles. The Morgan fingerprint density at radius 2 is 2.23 bits per heavy atom. The predicted molar refractivity (Wildman–Crippen MR) is 55.2 cm³/mol. The topological polar surface area (TPSA) is 17.8 Å². The third-order valence-electron chi connectivity index (χ3n) is 2.20. The Morgan fingerprint density at radius 1 is 1.46 bits per heavy atom. The Bertz CT molecular complexity index is 445. The largest absolute Gasteiger partial charge is 0.265 e. The lowest BCUT2D eigenvalue weighted by Gasteiger charge is -1.97. The molecular weight excluding hydrogens is 184 g/mol. The van der Waals surface area contributed by atoms with Crippen molar-refractivity contribution in [1.29, 1.82) is 0 Å². The van der Waals surface area contributed by atoms with E-state index in [-0.39, 0.29) is 0 Å². The van der Waals surface area contributed by atoms with Crippen LogP contribution in [0.2, 0.25) is 5.02 Å². The second-order valence-electron chi connectivity index (χ2n) is 3.06. The summed E-state index contributed by atoms with van der Waals surface area (Å²) >= 11 is 5.92. The molecule has 0 N–H and O–H groups in total. The van der Waals surface area contributed by atoms with Gasteiger partial charge in [0.15, 0.2) is 0 Å². The third kappa shape index (κ3) is 1.31. The molecule has 0 radical (unpaired) electrons. The first-order chi connectivity index (χ1) is 6.22. The maximum absolute atomic E-state index is 5.92. The second kappa shape index (κ2) is 3.04. The van der Waals surface area contributed by atoms with Crippen LogP contribution >= 0.6 is 11.6 Å². The minimum absolute atomic E-state index is 0.766. The first-order valence-corrected chi connectivity index (χ1v) is 4.73. The summed E-state index contributed by atoms with van der Waals surface area (Å²) in [5.74, 6) is 0. The molecule has 2 nitrogen and oxygen atoms in total. The van der Waals surface area contributed by atoms with Crippen molar-refractivity contribution in [2.75, 3.05) is 0 Å². The Morgan fingerprint density at radius 3 is 2.92 bits per heavy atom. The van der Waals surface area contributed by atoms with Gasteiger partial charge < -0.3 is 0 Å². The van der Waals surface area contributed by atoms with Crippen molar-refractivity contribution < 1.29 is 0 Å². The number of hydrogen-bond acceptors (Lipinski definition) is 1. The van der Waals surface area contributed by atoms with Gasteiger partial charge in [-0.2, -0.15) is 5.10 Å². The molecule has 0 fully saturated rings. The Labute approximate surface area is 82.1 Å². The van der Waals surface area contributed by atoms with Crippen LogP contribution in [0.4, 0.5) is 0 Å². The zero-order chi connectivity index (χ0) is 9.42. The number of rotatable bonds is 1. The first-order valence-electron chi connectivity index (χ1n) is 4.35. The van der Waals surface area contributed by atoms with E-state index in [2.05, 4.69) is 12.0 Å². The van der Waals surface area contributed by atoms with Gasteiger partial charge in [0, 0.05) is 17.0 Å². The predicted octanol–water partition coefficient (Wildman–Crippen LogP) is 3.02. The molecule has 0 aliphatic rings. The summed E-state index contributed by atoms with van der Waals surface area (Å²) < 4.78 is 1.97. The van der Waals surface area contributed by atoms with Crippen molar-refractivity contribution in [2.24, 2.45) is 0 Å². The molecule has 13 heavy (non-hydrogen) atoms. The molecule has 2 rings (SSSR count). The molecule has 0 saturated heterocycles. The molecule has 0 spiro atoms. The molecule has 3 heteroatoms. The van der Waals surface area contributed by atoms with Gasteiger partial charge >= 0.3 is 0 Å². The van der Waals surface area contributed by atoms with E-state index in [1.807, 2.05) is 29.8 Å². The van der Waals surface area contributed by atoms with E-state index in [0.29, 0.717) is 0 Å². The molecule has 0 amide bonds. The summed E-state index contributed by atoms with van der Waals surface area (Å²) in [6.07, 6.45) is 0. The number of benzene rings is 1. The second-order valence-corrected chi connectivity index (χ2v) is 3.50. The molecule has 2 aromatic rings. The van der Waals surface area contributed by atoms with Crippen LogP contribution in [-0.4, -0.2) is 9.78 Å². The highest BCUT2D eigenvalue weighted by atomic mass is 35.5. The van der Waals surface area contributed by atoms with E-state index in [1.54, 1.807) is 0 Å². The summed E-state index contributed by atoms with van der Waals surface area (Å²) in [5.41, 5.74) is 2.18. The van der Waals surface area contributed by atoms with Crippen LogP contribution in [0.1, 0.15) is 12.6 Å². The van der Waals surface area contributed by atoms with Crippen molar-refractivity contribution >= 4 is 22.5 Å². The van der Waals surface area contributed by atoms with Gasteiger partial charge in [-0.25, -0.2) is 0 Å². The number of fused-ring (bicyclic) bond motifs is 1. The summed E-state index contributed by atoms with van der Waals surface area (Å²) in [7, 11) is 0. The van der Waals surface area contributed by atoms with Crippen LogP contribution in [0, 0.1) is 6.92 Å². The van der Waals surface area contributed by atoms with Crippen molar-refractivity contribution in [3.8, 4) is 0 Å². The molecule has 68 valence electrons. The van der Waals surface area contributed by atoms with Crippen molar-refractivity contribution in [3.05, 3.63) is 28.9 Å². The Hall–Kier alpha value is -1.02. The van der Waals surface area contributed by atoms with Gasteiger partial charge in [0.05, 0.1) is 11.2 Å². The van der Waals surface area contributed by atoms with E-state index in [1.165, 1.54) is 5.39 Å². The van der Waals surface area contributed by atoms with Crippen LogP contribution in [0.25, 0.3) is 10.9 Å². The van der Waals surface area contributed by atoms with E-state index >= 15 is 0 Å². The molecule has 0 aliphatic carbocycles. The quantitative estimate of drug-likeness (QED) is 0.683. The van der Waals surface area contributed by atoms with Gasteiger partial charge in [0.1, 0.15) is 0 Å². The molecule has 0 saturated carbocycles. The Kier molecular flexibility index (Phi) is 2.00. The van der Waals surface area contributed by atoms with Crippen LogP contribution in [0.3, 0.4) is 0 Å². The van der Waals surface area contributed by atoms with Gasteiger partial charge in [0.25, 0.3) is 0 Å². The average Bonchev–Trinajstić information content (AvgIpc) is 2.42. The molecule has 1 aromatic carbocycles. The fourth-order valence-electron chi connectivity index (χ4n) is 1.55. The summed E-state index contributed by atoms with van der Waals surface area (Å²) in [6, 6.07) is 5.88. The summed E-state index contributed by atoms with van der Waals surface area (Å²) in [4.78, 5) is 0. The Balaban J connectivity index is 2.81. The maximum atomic E-state index is 5.92. The van der Waals surface area contributed by atoms with Crippen molar-refractivity contribution in [1.82, 2.24) is 9.78 Å². The van der Waals surface area contributed by atoms with Gasteiger partial charge in [-0.1, -0.05) is 11.6 Å². The minimum Gasteiger partial charge on any atom is -0.265 e. The van der Waals surface area contributed by atoms with Gasteiger partial charge in [-0.05, 0) is 32.0 Å². The maximum Gasteiger partial charge on any atom is 0.0699 e. The van der Waals surface area contributed by atoms with Crippen molar-refractivity contribution in [3.63, 3.8) is 0 Å². The fraction of sp³-hybridized carbons (Fsp3) is 0.300. The number of aromatic nitrogens is 2. The lowest BCUT2D eigenvalue weighted by Crippen LogP contribution is -1.95. The van der Waals surface area contributed by atoms with E-state index in [9.17, 15) is 0 Å². The molecular formula is C10H11ClN2. The van der Waals surface area contributed by atoms with E-state index in [0.717, 1.165) is 22.8 Å². The fourth-order valence-corrected chi connectivity index (χ4v) is 1.72. The molecule has 0 atom stereocenters. The standard InChI is InChI=1S/C10H11ClN2/c1-3-13-10-6-8(11)4-5-9(10)7(2)12-13/h4-6H,3H2,1-2H3. The highest BCUT2D eigenvalue weighted by Gasteiger charge is 2.05. The smallest absolute Gasteiger partial charge is 0.0699 e. The number of nitrogens with zero attached hydrogens (tertiary/aromatic N) is 2. The summed E-state index contributed by atoms with van der Waals surface area (Å²) in [6.45, 7) is 4.97. The average molecular weight is 195 g/mol. The highest BCUT2D eigenvalue weighted by molar-refractivity contribution is 6.31. The zero-order valence-corrected chi connectivity index (χ0v) is 8.47. The van der Waals surface area contributed by atoms with E-state index in [4.69, 9.17) is 11.6 Å².